The van der Waals surface area contributed by atoms with Crippen molar-refractivity contribution in [3.8, 4) is 0 Å². The van der Waals surface area contributed by atoms with Crippen LogP contribution in [0, 0.1) is 6.92 Å². The largest absolute Gasteiger partial charge is 0.416 e. The Morgan fingerprint density at radius 2 is 1.94 bits per heavy atom. The van der Waals surface area contributed by atoms with E-state index in [0.29, 0.717) is 24.6 Å². The second-order valence-electron chi connectivity index (χ2n) is 8.17. The smallest absolute Gasteiger partial charge is 0.377 e. The van der Waals surface area contributed by atoms with Gasteiger partial charge >= 0.3 is 6.18 Å². The van der Waals surface area contributed by atoms with Crippen LogP contribution >= 0.6 is 0 Å². The van der Waals surface area contributed by atoms with Crippen molar-refractivity contribution in [1.82, 2.24) is 9.29 Å². The monoisotopic (exact) mass is 480 g/mol. The van der Waals surface area contributed by atoms with Crippen LogP contribution in [0.3, 0.4) is 0 Å². The standard InChI is InChI=1S/C23H23F3N2O4S/c1-15-7-8-16-11-17(22(29)27-21(16)10-15)13-28(14-19-5-3-9-32-19)33(30,31)20-6-2-4-18(12-20)23(24,25)26/h2,4,6-8,10-12,19H,3,5,9,13-14H2,1H3,(H,27,29)/t19-/m0/s1. The van der Waals surface area contributed by atoms with Gasteiger partial charge in [-0.2, -0.15) is 17.5 Å². The maximum Gasteiger partial charge on any atom is 0.416 e. The lowest BCUT2D eigenvalue weighted by atomic mass is 10.1. The van der Waals surface area contributed by atoms with Gasteiger partial charge in [0.2, 0.25) is 10.0 Å². The van der Waals surface area contributed by atoms with E-state index in [1.807, 2.05) is 25.1 Å². The van der Waals surface area contributed by atoms with E-state index in [2.05, 4.69) is 4.98 Å². The van der Waals surface area contributed by atoms with Crippen molar-refractivity contribution in [3.05, 3.63) is 75.6 Å². The lowest BCUT2D eigenvalue weighted by Crippen LogP contribution is -2.38. The number of aryl methyl sites for hydroxylation is 1. The predicted octanol–water partition coefficient (Wildman–Crippen LogP) is 4.23. The molecule has 1 atom stereocenters. The fourth-order valence-electron chi connectivity index (χ4n) is 3.91. The molecule has 0 spiro atoms. The summed E-state index contributed by atoms with van der Waals surface area (Å²) >= 11 is 0. The van der Waals surface area contributed by atoms with Gasteiger partial charge in [-0.3, -0.25) is 4.79 Å². The SMILES string of the molecule is Cc1ccc2cc(CN(C[C@@H]3CCCO3)S(=O)(=O)c3cccc(C(F)(F)F)c3)c(=O)[nH]c2c1. The molecule has 0 amide bonds. The first-order valence-electron chi connectivity index (χ1n) is 10.5. The lowest BCUT2D eigenvalue weighted by molar-refractivity contribution is -0.137. The number of aromatic amines is 1. The number of rotatable bonds is 6. The molecule has 1 aromatic heterocycles. The number of pyridine rings is 1. The van der Waals surface area contributed by atoms with E-state index in [1.54, 1.807) is 6.07 Å². The Bertz CT molecular complexity index is 1330. The highest BCUT2D eigenvalue weighted by Crippen LogP contribution is 2.31. The van der Waals surface area contributed by atoms with Crippen LogP contribution in [0.1, 0.15) is 29.5 Å². The molecule has 1 aliphatic heterocycles. The van der Waals surface area contributed by atoms with E-state index in [-0.39, 0.29) is 18.7 Å². The quantitative estimate of drug-likeness (QED) is 0.573. The third-order valence-electron chi connectivity index (χ3n) is 5.66. The summed E-state index contributed by atoms with van der Waals surface area (Å²) in [5.41, 5.74) is 0.261. The third kappa shape index (κ3) is 5.13. The number of ether oxygens (including phenoxy) is 1. The summed E-state index contributed by atoms with van der Waals surface area (Å²) in [6.45, 7) is 2.01. The van der Waals surface area contributed by atoms with Crippen LogP contribution in [0.4, 0.5) is 13.2 Å². The van der Waals surface area contributed by atoms with Gasteiger partial charge in [0.1, 0.15) is 0 Å². The number of hydrogen-bond acceptors (Lipinski definition) is 4. The number of alkyl halides is 3. The van der Waals surface area contributed by atoms with Crippen molar-refractivity contribution in [1.29, 1.82) is 0 Å². The number of H-pyrrole nitrogens is 1. The molecule has 2 aromatic carbocycles. The van der Waals surface area contributed by atoms with E-state index in [0.717, 1.165) is 39.9 Å². The van der Waals surface area contributed by atoms with E-state index in [9.17, 15) is 26.4 Å². The van der Waals surface area contributed by atoms with Gasteiger partial charge < -0.3 is 9.72 Å². The highest BCUT2D eigenvalue weighted by Gasteiger charge is 2.34. The average molecular weight is 481 g/mol. The second-order valence-corrected chi connectivity index (χ2v) is 10.1. The summed E-state index contributed by atoms with van der Waals surface area (Å²) in [5.74, 6) is 0. The first kappa shape index (κ1) is 23.5. The van der Waals surface area contributed by atoms with Gasteiger partial charge in [0.25, 0.3) is 5.56 Å². The number of sulfonamides is 1. The first-order chi connectivity index (χ1) is 15.5. The van der Waals surface area contributed by atoms with Gasteiger partial charge in [-0.25, -0.2) is 8.42 Å². The minimum absolute atomic E-state index is 0.0655. The van der Waals surface area contributed by atoms with E-state index in [4.69, 9.17) is 4.74 Å². The van der Waals surface area contributed by atoms with Crippen molar-refractivity contribution in [3.63, 3.8) is 0 Å². The van der Waals surface area contributed by atoms with Gasteiger partial charge in [0.05, 0.1) is 16.6 Å². The van der Waals surface area contributed by atoms with Crippen LogP contribution in [0.25, 0.3) is 10.9 Å². The molecule has 0 radical (unpaired) electrons. The highest BCUT2D eigenvalue weighted by molar-refractivity contribution is 7.89. The molecule has 0 bridgehead atoms. The zero-order valence-corrected chi connectivity index (χ0v) is 18.7. The normalized spacial score (nSPS) is 17.2. The molecule has 1 fully saturated rings. The van der Waals surface area contributed by atoms with E-state index in [1.165, 1.54) is 0 Å². The summed E-state index contributed by atoms with van der Waals surface area (Å²) in [6, 6.07) is 10.7. The zero-order valence-electron chi connectivity index (χ0n) is 17.9. The molecule has 4 rings (SSSR count). The van der Waals surface area contributed by atoms with Crippen LogP contribution < -0.4 is 5.56 Å². The van der Waals surface area contributed by atoms with Gasteiger partial charge in [-0.1, -0.05) is 18.2 Å². The molecule has 0 unspecified atom stereocenters. The summed E-state index contributed by atoms with van der Waals surface area (Å²) < 4.78 is 73.0. The lowest BCUT2D eigenvalue weighted by Gasteiger charge is -2.25. The van der Waals surface area contributed by atoms with Crippen molar-refractivity contribution >= 4 is 20.9 Å². The number of nitrogens with one attached hydrogen (secondary N) is 1. The number of halogens is 3. The van der Waals surface area contributed by atoms with Gasteiger partial charge in [-0.15, -0.1) is 0 Å². The molecule has 3 aromatic rings. The summed E-state index contributed by atoms with van der Waals surface area (Å²) in [4.78, 5) is 15.0. The average Bonchev–Trinajstić information content (AvgIpc) is 3.26. The number of nitrogens with zero attached hydrogens (tertiary/aromatic N) is 1. The topological polar surface area (TPSA) is 79.5 Å². The molecular formula is C23H23F3N2O4S. The molecule has 176 valence electrons. The van der Waals surface area contributed by atoms with Crippen molar-refractivity contribution in [2.75, 3.05) is 13.2 Å². The van der Waals surface area contributed by atoms with Gasteiger partial charge in [0, 0.05) is 30.8 Å². The molecule has 6 nitrogen and oxygen atoms in total. The van der Waals surface area contributed by atoms with E-state index < -0.39 is 38.3 Å². The van der Waals surface area contributed by atoms with Crippen LogP contribution in [0.2, 0.25) is 0 Å². The van der Waals surface area contributed by atoms with Crippen molar-refractivity contribution in [2.24, 2.45) is 0 Å². The molecule has 1 aliphatic rings. The Labute approximate surface area is 189 Å². The number of hydrogen-bond donors (Lipinski definition) is 1. The maximum atomic E-state index is 13.4. The number of benzene rings is 2. The van der Waals surface area contributed by atoms with E-state index >= 15 is 0 Å². The number of fused-ring (bicyclic) bond motifs is 1. The summed E-state index contributed by atoms with van der Waals surface area (Å²) in [6.07, 6.45) is -3.69. The molecule has 10 heteroatoms. The molecule has 0 saturated carbocycles. The van der Waals surface area contributed by atoms with Gasteiger partial charge in [0.15, 0.2) is 0 Å². The Morgan fingerprint density at radius 1 is 1.15 bits per heavy atom. The zero-order chi connectivity index (χ0) is 23.8. The van der Waals surface area contributed by atoms with Crippen LogP contribution in [-0.4, -0.2) is 37.0 Å². The fraction of sp³-hybridized carbons (Fsp3) is 0.348. The molecule has 2 heterocycles. The van der Waals surface area contributed by atoms with Crippen molar-refractivity contribution < 1.29 is 26.3 Å². The molecule has 1 N–H and O–H groups in total. The Morgan fingerprint density at radius 3 is 2.64 bits per heavy atom. The van der Waals surface area contributed by atoms with Gasteiger partial charge in [-0.05, 0) is 61.0 Å². The Kier molecular flexibility index (Phi) is 6.35. The molecule has 1 saturated heterocycles. The molecular weight excluding hydrogens is 457 g/mol. The van der Waals surface area contributed by atoms with Crippen LogP contribution in [0.5, 0.6) is 0 Å². The van der Waals surface area contributed by atoms with Crippen LogP contribution in [-0.2, 0) is 27.5 Å². The third-order valence-corrected chi connectivity index (χ3v) is 7.46. The Balaban J connectivity index is 1.74. The van der Waals surface area contributed by atoms with Crippen LogP contribution in [0.15, 0.2) is 58.2 Å². The molecule has 0 aliphatic carbocycles. The maximum absolute atomic E-state index is 13.4. The Hall–Kier alpha value is -2.69. The minimum atomic E-state index is -4.68. The first-order valence-corrected chi connectivity index (χ1v) is 11.9. The summed E-state index contributed by atoms with van der Waals surface area (Å²) in [5, 5.41) is 0.726. The highest BCUT2D eigenvalue weighted by atomic mass is 32.2. The minimum Gasteiger partial charge on any atom is -0.377 e. The molecule has 33 heavy (non-hydrogen) atoms. The second kappa shape index (κ2) is 8.92. The van der Waals surface area contributed by atoms with Crippen molar-refractivity contribution in [2.45, 2.75) is 43.5 Å². The predicted molar refractivity (Wildman–Crippen MR) is 117 cm³/mol. The fourth-order valence-corrected chi connectivity index (χ4v) is 5.41. The summed E-state index contributed by atoms with van der Waals surface area (Å²) in [7, 11) is -4.35. The number of aromatic nitrogens is 1.